The van der Waals surface area contributed by atoms with Crippen molar-refractivity contribution < 1.29 is 13.2 Å². The fourth-order valence-corrected chi connectivity index (χ4v) is 3.94. The lowest BCUT2D eigenvalue weighted by Gasteiger charge is -2.14. The zero-order valence-corrected chi connectivity index (χ0v) is 18.6. The SMILES string of the molecule is Cc1ccc(NCc2cc(C#N)cc(C(F)(F)F)c2)cc1-n1ccn2nc(-c3cccnc3)cc12. The number of anilines is 1. The highest BCUT2D eigenvalue weighted by molar-refractivity contribution is 5.66. The minimum atomic E-state index is -4.52. The Kier molecular flexibility index (Phi) is 5.49. The van der Waals surface area contributed by atoms with Crippen molar-refractivity contribution in [3.8, 4) is 23.0 Å². The first kappa shape index (κ1) is 22.2. The van der Waals surface area contributed by atoms with Crippen LogP contribution in [0.15, 0.2) is 79.4 Å². The summed E-state index contributed by atoms with van der Waals surface area (Å²) < 4.78 is 43.4. The van der Waals surface area contributed by atoms with Crippen molar-refractivity contribution in [2.45, 2.75) is 19.6 Å². The van der Waals surface area contributed by atoms with Gasteiger partial charge < -0.3 is 5.32 Å². The second-order valence-corrected chi connectivity index (χ2v) is 8.13. The molecule has 2 aromatic carbocycles. The number of nitrogens with zero attached hydrogens (tertiary/aromatic N) is 5. The number of hydrogen-bond donors (Lipinski definition) is 1. The normalized spacial score (nSPS) is 11.5. The predicted molar refractivity (Wildman–Crippen MR) is 126 cm³/mol. The fourth-order valence-electron chi connectivity index (χ4n) is 3.94. The molecule has 0 spiro atoms. The summed E-state index contributed by atoms with van der Waals surface area (Å²) in [6.45, 7) is 2.13. The fraction of sp³-hybridized carbons (Fsp3) is 0.115. The van der Waals surface area contributed by atoms with Gasteiger partial charge >= 0.3 is 6.18 Å². The van der Waals surface area contributed by atoms with Crippen LogP contribution in [0.2, 0.25) is 0 Å². The minimum absolute atomic E-state index is 0.0268. The summed E-state index contributed by atoms with van der Waals surface area (Å²) >= 11 is 0. The molecule has 0 aliphatic heterocycles. The molecule has 3 aromatic heterocycles. The highest BCUT2D eigenvalue weighted by atomic mass is 19.4. The van der Waals surface area contributed by atoms with Gasteiger partial charge in [0.25, 0.3) is 0 Å². The van der Waals surface area contributed by atoms with Crippen molar-refractivity contribution in [2.75, 3.05) is 5.32 Å². The van der Waals surface area contributed by atoms with Crippen LogP contribution in [0, 0.1) is 18.3 Å². The van der Waals surface area contributed by atoms with E-state index in [1.165, 1.54) is 6.07 Å². The largest absolute Gasteiger partial charge is 0.416 e. The van der Waals surface area contributed by atoms with Gasteiger partial charge in [0.1, 0.15) is 5.65 Å². The predicted octanol–water partition coefficient (Wildman–Crippen LogP) is 6.00. The van der Waals surface area contributed by atoms with Gasteiger partial charge in [0.05, 0.1) is 28.6 Å². The van der Waals surface area contributed by atoms with Crippen LogP contribution in [0.4, 0.5) is 18.9 Å². The van der Waals surface area contributed by atoms with Crippen LogP contribution in [0.5, 0.6) is 0 Å². The number of nitriles is 1. The Labute approximate surface area is 198 Å². The number of benzene rings is 2. The quantitative estimate of drug-likeness (QED) is 0.341. The van der Waals surface area contributed by atoms with E-state index < -0.39 is 11.7 Å². The van der Waals surface area contributed by atoms with Gasteiger partial charge in [-0.25, -0.2) is 4.52 Å². The molecule has 0 saturated heterocycles. The molecule has 0 radical (unpaired) electrons. The molecular formula is C26H19F3N6. The molecule has 0 amide bonds. The Morgan fingerprint density at radius 1 is 1.06 bits per heavy atom. The van der Waals surface area contributed by atoms with Crippen molar-refractivity contribution in [1.82, 2.24) is 19.2 Å². The molecule has 0 aliphatic carbocycles. The molecule has 1 N–H and O–H groups in total. The Morgan fingerprint density at radius 2 is 1.91 bits per heavy atom. The van der Waals surface area contributed by atoms with Crippen LogP contribution in [0.1, 0.15) is 22.3 Å². The van der Waals surface area contributed by atoms with Crippen molar-refractivity contribution in [2.24, 2.45) is 0 Å². The van der Waals surface area contributed by atoms with Gasteiger partial charge in [-0.15, -0.1) is 0 Å². The van der Waals surface area contributed by atoms with Gasteiger partial charge in [0, 0.05) is 48.6 Å². The van der Waals surface area contributed by atoms with Crippen LogP contribution >= 0.6 is 0 Å². The lowest BCUT2D eigenvalue weighted by atomic mass is 10.1. The van der Waals surface area contributed by atoms with Gasteiger partial charge in [-0.05, 0) is 60.5 Å². The number of aryl methyl sites for hydroxylation is 1. The van der Waals surface area contributed by atoms with Gasteiger partial charge in [-0.1, -0.05) is 6.07 Å². The average molecular weight is 472 g/mol. The highest BCUT2D eigenvalue weighted by Gasteiger charge is 2.31. The lowest BCUT2D eigenvalue weighted by Crippen LogP contribution is -2.08. The molecule has 6 nitrogen and oxygen atoms in total. The van der Waals surface area contributed by atoms with E-state index in [9.17, 15) is 13.2 Å². The Bertz CT molecular complexity index is 1560. The topological polar surface area (TPSA) is 70.9 Å². The molecule has 0 bridgehead atoms. The first-order valence-electron chi connectivity index (χ1n) is 10.7. The van der Waals surface area contributed by atoms with Crippen LogP contribution in [-0.4, -0.2) is 19.2 Å². The van der Waals surface area contributed by atoms with Gasteiger partial charge in [0.15, 0.2) is 0 Å². The summed E-state index contributed by atoms with van der Waals surface area (Å²) in [4.78, 5) is 4.15. The van der Waals surface area contributed by atoms with E-state index in [1.807, 2.05) is 60.3 Å². The van der Waals surface area contributed by atoms with Crippen LogP contribution in [-0.2, 0) is 12.7 Å². The summed E-state index contributed by atoms with van der Waals surface area (Å²) in [5.74, 6) is 0. The monoisotopic (exact) mass is 472 g/mol. The van der Waals surface area contributed by atoms with E-state index in [-0.39, 0.29) is 12.1 Å². The van der Waals surface area contributed by atoms with E-state index in [4.69, 9.17) is 5.26 Å². The lowest BCUT2D eigenvalue weighted by molar-refractivity contribution is -0.137. The number of nitrogens with one attached hydrogen (secondary N) is 1. The van der Waals surface area contributed by atoms with E-state index in [0.717, 1.165) is 46.0 Å². The molecular weight excluding hydrogens is 453 g/mol. The van der Waals surface area contributed by atoms with E-state index in [0.29, 0.717) is 5.56 Å². The zero-order chi connectivity index (χ0) is 24.6. The van der Waals surface area contributed by atoms with Crippen molar-refractivity contribution >= 4 is 11.3 Å². The third kappa shape index (κ3) is 4.46. The first-order chi connectivity index (χ1) is 16.8. The third-order valence-electron chi connectivity index (χ3n) is 5.69. The van der Waals surface area contributed by atoms with Gasteiger partial charge in [-0.3, -0.25) is 9.55 Å². The number of fused-ring (bicyclic) bond motifs is 1. The van der Waals surface area contributed by atoms with Crippen LogP contribution in [0.3, 0.4) is 0 Å². The number of hydrogen-bond acceptors (Lipinski definition) is 4. The van der Waals surface area contributed by atoms with Crippen molar-refractivity contribution in [1.29, 1.82) is 5.26 Å². The van der Waals surface area contributed by atoms with Crippen LogP contribution in [0.25, 0.3) is 22.6 Å². The van der Waals surface area contributed by atoms with E-state index in [1.54, 1.807) is 23.0 Å². The number of rotatable bonds is 5. The number of aromatic nitrogens is 4. The minimum Gasteiger partial charge on any atom is -0.381 e. The maximum Gasteiger partial charge on any atom is 0.416 e. The molecule has 3 heterocycles. The first-order valence-corrected chi connectivity index (χ1v) is 10.7. The number of imidazole rings is 1. The summed E-state index contributed by atoms with van der Waals surface area (Å²) in [5.41, 5.74) is 4.74. The van der Waals surface area contributed by atoms with Crippen molar-refractivity contribution in [3.05, 3.63) is 102 Å². The summed E-state index contributed by atoms with van der Waals surface area (Å²) in [7, 11) is 0. The Morgan fingerprint density at radius 3 is 2.66 bits per heavy atom. The van der Waals surface area contributed by atoms with Gasteiger partial charge in [-0.2, -0.15) is 23.5 Å². The number of pyridine rings is 1. The van der Waals surface area contributed by atoms with E-state index in [2.05, 4.69) is 15.4 Å². The maximum atomic E-state index is 13.2. The molecule has 0 fully saturated rings. The van der Waals surface area contributed by atoms with E-state index >= 15 is 0 Å². The molecule has 5 rings (SSSR count). The summed E-state index contributed by atoms with van der Waals surface area (Å²) in [6.07, 6.45) is 2.72. The third-order valence-corrected chi connectivity index (χ3v) is 5.69. The summed E-state index contributed by atoms with van der Waals surface area (Å²) in [5, 5.41) is 16.9. The maximum absolute atomic E-state index is 13.2. The summed E-state index contributed by atoms with van der Waals surface area (Å²) in [6, 6.07) is 16.7. The Hall–Kier alpha value is -4.58. The van der Waals surface area contributed by atoms with Crippen LogP contribution < -0.4 is 5.32 Å². The highest BCUT2D eigenvalue weighted by Crippen LogP contribution is 2.31. The number of alkyl halides is 3. The standard InChI is InChI=1S/C26H19F3N6/c1-17-4-5-22(32-15-19-9-18(14-30)10-21(11-19)26(27,28)29)12-24(17)34-7-8-35-25(34)13-23(33-35)20-3-2-6-31-16-20/h2-13,16,32H,15H2,1H3. The Balaban J connectivity index is 1.44. The second kappa shape index (κ2) is 8.65. The molecule has 174 valence electrons. The molecule has 5 aromatic rings. The molecule has 0 saturated carbocycles. The van der Waals surface area contributed by atoms with Crippen molar-refractivity contribution in [3.63, 3.8) is 0 Å². The molecule has 0 atom stereocenters. The zero-order valence-electron chi connectivity index (χ0n) is 18.6. The molecule has 35 heavy (non-hydrogen) atoms. The number of halogens is 3. The second-order valence-electron chi connectivity index (χ2n) is 8.13. The average Bonchev–Trinajstić information content (AvgIpc) is 3.45. The molecule has 9 heteroatoms. The smallest absolute Gasteiger partial charge is 0.381 e. The molecule has 0 aliphatic rings. The van der Waals surface area contributed by atoms with Gasteiger partial charge in [0.2, 0.25) is 0 Å². The molecule has 0 unspecified atom stereocenters.